The van der Waals surface area contributed by atoms with Gasteiger partial charge in [-0.2, -0.15) is 0 Å². The summed E-state index contributed by atoms with van der Waals surface area (Å²) in [4.78, 5) is 25.7. The standard InChI is InChI=1S/C22H27N3O3S3/c1-13-4-7-15(8-5-13)11-30-12-18(26)24-25-22(29)23-20-19(21(27)28-3)16-9-6-14(2)10-17(16)31-20/h4-5,7-8,14H,6,9-12H2,1-3H3,(H,24,26)(H2,23,25,29)/t14-/m1/s1. The van der Waals surface area contributed by atoms with Gasteiger partial charge in [0.1, 0.15) is 5.00 Å². The van der Waals surface area contributed by atoms with E-state index in [4.69, 9.17) is 17.0 Å². The van der Waals surface area contributed by atoms with E-state index in [1.54, 1.807) is 0 Å². The number of benzene rings is 1. The van der Waals surface area contributed by atoms with Gasteiger partial charge in [0.25, 0.3) is 0 Å². The number of rotatable bonds is 6. The Morgan fingerprint density at radius 2 is 2.00 bits per heavy atom. The molecule has 1 aromatic carbocycles. The van der Waals surface area contributed by atoms with Crippen LogP contribution in [0.25, 0.3) is 0 Å². The number of carbonyl (C=O) groups is 2. The van der Waals surface area contributed by atoms with Crippen molar-refractivity contribution in [1.29, 1.82) is 0 Å². The molecule has 3 rings (SSSR count). The summed E-state index contributed by atoms with van der Waals surface area (Å²) in [5.41, 5.74) is 9.33. The highest BCUT2D eigenvalue weighted by atomic mass is 32.2. The quantitative estimate of drug-likeness (QED) is 0.327. The molecule has 6 nitrogen and oxygen atoms in total. The number of nitrogens with one attached hydrogen (secondary N) is 3. The Morgan fingerprint density at radius 1 is 1.26 bits per heavy atom. The second-order valence-corrected chi connectivity index (χ2v) is 10.2. The smallest absolute Gasteiger partial charge is 0.341 e. The summed E-state index contributed by atoms with van der Waals surface area (Å²) in [5.74, 6) is 1.12. The Hall–Kier alpha value is -2.10. The molecule has 166 valence electrons. The van der Waals surface area contributed by atoms with Crippen LogP contribution in [0.3, 0.4) is 0 Å². The number of hydrogen-bond acceptors (Lipinski definition) is 6. The summed E-state index contributed by atoms with van der Waals surface area (Å²) in [6.45, 7) is 4.26. The molecule has 1 heterocycles. The molecule has 0 bridgehead atoms. The number of thiophene rings is 1. The van der Waals surface area contributed by atoms with Crippen molar-refractivity contribution in [3.63, 3.8) is 0 Å². The minimum absolute atomic E-state index is 0.172. The molecule has 0 radical (unpaired) electrons. The zero-order chi connectivity index (χ0) is 22.4. The minimum atomic E-state index is -0.367. The summed E-state index contributed by atoms with van der Waals surface area (Å²) in [6, 6.07) is 8.26. The first-order valence-corrected chi connectivity index (χ1v) is 12.5. The minimum Gasteiger partial charge on any atom is -0.465 e. The van der Waals surface area contributed by atoms with E-state index >= 15 is 0 Å². The SMILES string of the molecule is COC(=O)c1c(NC(=S)NNC(=O)CSCc2ccc(C)cc2)sc2c1CC[C@@H](C)C2. The molecule has 3 N–H and O–H groups in total. The number of hydrazine groups is 1. The normalized spacial score (nSPS) is 15.0. The number of thiocarbonyl (C=S) groups is 1. The van der Waals surface area contributed by atoms with Crippen molar-refractivity contribution in [1.82, 2.24) is 10.9 Å². The lowest BCUT2D eigenvalue weighted by atomic mass is 9.88. The summed E-state index contributed by atoms with van der Waals surface area (Å²) in [5, 5.41) is 3.95. The topological polar surface area (TPSA) is 79.5 Å². The van der Waals surface area contributed by atoms with E-state index in [0.29, 0.717) is 22.2 Å². The second-order valence-electron chi connectivity index (χ2n) is 7.65. The number of methoxy groups -OCH3 is 1. The number of amides is 1. The molecular formula is C22H27N3O3S3. The molecule has 0 unspecified atom stereocenters. The van der Waals surface area contributed by atoms with Crippen LogP contribution >= 0.6 is 35.3 Å². The molecule has 1 amide bonds. The maximum absolute atomic E-state index is 12.4. The highest BCUT2D eigenvalue weighted by Gasteiger charge is 2.28. The van der Waals surface area contributed by atoms with Gasteiger partial charge in [-0.05, 0) is 55.4 Å². The number of thioether (sulfide) groups is 1. The van der Waals surface area contributed by atoms with Crippen molar-refractivity contribution in [3.05, 3.63) is 51.4 Å². The maximum atomic E-state index is 12.4. The van der Waals surface area contributed by atoms with Crippen LogP contribution in [0, 0.1) is 12.8 Å². The van der Waals surface area contributed by atoms with Gasteiger partial charge in [-0.3, -0.25) is 15.6 Å². The highest BCUT2D eigenvalue weighted by molar-refractivity contribution is 7.99. The molecule has 1 aliphatic rings. The summed E-state index contributed by atoms with van der Waals surface area (Å²) in [6.07, 6.45) is 2.85. The van der Waals surface area contributed by atoms with Gasteiger partial charge in [0, 0.05) is 10.6 Å². The van der Waals surface area contributed by atoms with E-state index in [0.717, 1.165) is 30.6 Å². The lowest BCUT2D eigenvalue weighted by molar-refractivity contribution is -0.119. The molecule has 1 atom stereocenters. The molecule has 0 fully saturated rings. The van der Waals surface area contributed by atoms with E-state index in [1.165, 1.54) is 46.2 Å². The highest BCUT2D eigenvalue weighted by Crippen LogP contribution is 2.39. The fraction of sp³-hybridized carbons (Fsp3) is 0.409. The van der Waals surface area contributed by atoms with E-state index in [1.807, 2.05) is 6.92 Å². The van der Waals surface area contributed by atoms with E-state index in [2.05, 4.69) is 47.4 Å². The number of aryl methyl sites for hydroxylation is 1. The van der Waals surface area contributed by atoms with Crippen LogP contribution in [0.1, 0.15) is 45.3 Å². The average Bonchev–Trinajstić information content (AvgIpc) is 3.09. The lowest BCUT2D eigenvalue weighted by Gasteiger charge is -2.18. The van der Waals surface area contributed by atoms with Crippen LogP contribution < -0.4 is 16.2 Å². The van der Waals surface area contributed by atoms with Crippen molar-refractivity contribution in [2.45, 2.75) is 38.9 Å². The summed E-state index contributed by atoms with van der Waals surface area (Å²) >= 11 is 8.37. The first-order valence-electron chi connectivity index (χ1n) is 10.1. The van der Waals surface area contributed by atoms with Gasteiger partial charge < -0.3 is 10.1 Å². The van der Waals surface area contributed by atoms with Crippen LogP contribution in [0.5, 0.6) is 0 Å². The molecule has 31 heavy (non-hydrogen) atoms. The van der Waals surface area contributed by atoms with Gasteiger partial charge >= 0.3 is 5.97 Å². The van der Waals surface area contributed by atoms with Gasteiger partial charge in [0.2, 0.25) is 5.91 Å². The Labute approximate surface area is 196 Å². The van der Waals surface area contributed by atoms with E-state index in [9.17, 15) is 9.59 Å². The van der Waals surface area contributed by atoms with Gasteiger partial charge in [0.05, 0.1) is 18.4 Å². The average molecular weight is 478 g/mol. The Balaban J connectivity index is 1.50. The first-order chi connectivity index (χ1) is 14.9. The van der Waals surface area contributed by atoms with E-state index < -0.39 is 0 Å². The number of hydrogen-bond donors (Lipinski definition) is 3. The number of esters is 1. The Kier molecular flexibility index (Phi) is 8.34. The van der Waals surface area contributed by atoms with Crippen LogP contribution in [-0.2, 0) is 28.1 Å². The lowest BCUT2D eigenvalue weighted by Crippen LogP contribution is -2.44. The van der Waals surface area contributed by atoms with Crippen LogP contribution in [0.2, 0.25) is 0 Å². The Bertz CT molecular complexity index is 957. The molecule has 0 spiro atoms. The third kappa shape index (κ3) is 6.44. The molecule has 9 heteroatoms. The fourth-order valence-corrected chi connectivity index (χ4v) is 5.81. The van der Waals surface area contributed by atoms with Crippen molar-refractivity contribution >= 4 is 57.3 Å². The third-order valence-corrected chi connectivity index (χ3v) is 7.44. The van der Waals surface area contributed by atoms with Crippen LogP contribution in [-0.4, -0.2) is 29.9 Å². The fourth-order valence-electron chi connectivity index (χ4n) is 3.40. The third-order valence-electron chi connectivity index (χ3n) is 5.07. The van der Waals surface area contributed by atoms with Crippen molar-refractivity contribution in [3.8, 4) is 0 Å². The zero-order valence-electron chi connectivity index (χ0n) is 17.9. The van der Waals surface area contributed by atoms with Crippen molar-refractivity contribution in [2.24, 2.45) is 5.92 Å². The number of anilines is 1. The summed E-state index contributed by atoms with van der Waals surface area (Å²) < 4.78 is 4.99. The number of carbonyl (C=O) groups excluding carboxylic acids is 2. The van der Waals surface area contributed by atoms with Gasteiger partial charge in [-0.25, -0.2) is 4.79 Å². The largest absolute Gasteiger partial charge is 0.465 e. The number of fused-ring (bicyclic) bond motifs is 1. The molecule has 1 aliphatic carbocycles. The first kappa shape index (κ1) is 23.6. The van der Waals surface area contributed by atoms with Crippen molar-refractivity contribution in [2.75, 3.05) is 18.2 Å². The molecule has 0 saturated carbocycles. The molecule has 2 aromatic rings. The summed E-state index contributed by atoms with van der Waals surface area (Å²) in [7, 11) is 1.38. The number of ether oxygens (including phenoxy) is 1. The van der Waals surface area contributed by atoms with Gasteiger partial charge in [-0.1, -0.05) is 36.8 Å². The maximum Gasteiger partial charge on any atom is 0.341 e. The van der Waals surface area contributed by atoms with Crippen molar-refractivity contribution < 1.29 is 14.3 Å². The zero-order valence-corrected chi connectivity index (χ0v) is 20.3. The predicted molar refractivity (Wildman–Crippen MR) is 132 cm³/mol. The van der Waals surface area contributed by atoms with Gasteiger partial charge in [-0.15, -0.1) is 23.1 Å². The van der Waals surface area contributed by atoms with E-state index in [-0.39, 0.29) is 17.0 Å². The van der Waals surface area contributed by atoms with Crippen LogP contribution in [0.4, 0.5) is 5.00 Å². The molecule has 1 aromatic heterocycles. The molecule has 0 aliphatic heterocycles. The molecule has 0 saturated heterocycles. The Morgan fingerprint density at radius 3 is 2.71 bits per heavy atom. The monoisotopic (exact) mass is 477 g/mol. The predicted octanol–water partition coefficient (Wildman–Crippen LogP) is 4.22. The molecular weight excluding hydrogens is 450 g/mol. The second kappa shape index (κ2) is 11.0. The van der Waals surface area contributed by atoms with Crippen LogP contribution in [0.15, 0.2) is 24.3 Å². The van der Waals surface area contributed by atoms with Gasteiger partial charge in [0.15, 0.2) is 5.11 Å².